The summed E-state index contributed by atoms with van der Waals surface area (Å²) in [6, 6.07) is 1.05. The third kappa shape index (κ3) is 3.94. The van der Waals surface area contributed by atoms with E-state index < -0.39 is 6.04 Å². The lowest BCUT2D eigenvalue weighted by atomic mass is 10.0. The summed E-state index contributed by atoms with van der Waals surface area (Å²) < 4.78 is 4.82. The van der Waals surface area contributed by atoms with Crippen LogP contribution in [-0.4, -0.2) is 24.9 Å². The SMILES string of the molecule is CNC(=O)[C@H](CC(C)C)NC(=O)c1ccoc1. The van der Waals surface area contributed by atoms with Crippen LogP contribution in [0.25, 0.3) is 0 Å². The van der Waals surface area contributed by atoms with Crippen molar-refractivity contribution in [3.8, 4) is 0 Å². The summed E-state index contributed by atoms with van der Waals surface area (Å²) in [6.45, 7) is 4.00. The van der Waals surface area contributed by atoms with Crippen molar-refractivity contribution in [2.75, 3.05) is 7.05 Å². The molecule has 0 saturated heterocycles. The zero-order valence-corrected chi connectivity index (χ0v) is 10.3. The fourth-order valence-corrected chi connectivity index (χ4v) is 1.51. The van der Waals surface area contributed by atoms with E-state index in [1.807, 2.05) is 13.8 Å². The molecular weight excluding hydrogens is 220 g/mol. The first-order chi connectivity index (χ1) is 8.04. The Hall–Kier alpha value is -1.78. The largest absolute Gasteiger partial charge is 0.472 e. The van der Waals surface area contributed by atoms with Crippen LogP contribution in [0.5, 0.6) is 0 Å². The van der Waals surface area contributed by atoms with E-state index in [-0.39, 0.29) is 11.8 Å². The van der Waals surface area contributed by atoms with Crippen molar-refractivity contribution in [2.24, 2.45) is 5.92 Å². The van der Waals surface area contributed by atoms with Crippen molar-refractivity contribution in [1.29, 1.82) is 0 Å². The minimum Gasteiger partial charge on any atom is -0.472 e. The molecule has 0 spiro atoms. The van der Waals surface area contributed by atoms with Crippen LogP contribution in [0.3, 0.4) is 0 Å². The first kappa shape index (κ1) is 13.3. The van der Waals surface area contributed by atoms with Crippen LogP contribution in [0.1, 0.15) is 30.6 Å². The third-order valence-electron chi connectivity index (χ3n) is 2.36. The molecule has 1 aromatic rings. The van der Waals surface area contributed by atoms with E-state index in [0.717, 1.165) is 0 Å². The highest BCUT2D eigenvalue weighted by Crippen LogP contribution is 2.07. The first-order valence-corrected chi connectivity index (χ1v) is 5.59. The van der Waals surface area contributed by atoms with Gasteiger partial charge >= 0.3 is 0 Å². The van der Waals surface area contributed by atoms with Crippen LogP contribution in [-0.2, 0) is 4.79 Å². The molecule has 5 heteroatoms. The predicted molar refractivity (Wildman–Crippen MR) is 63.5 cm³/mol. The molecule has 1 atom stereocenters. The van der Waals surface area contributed by atoms with E-state index >= 15 is 0 Å². The molecule has 0 aromatic carbocycles. The molecule has 1 heterocycles. The van der Waals surface area contributed by atoms with Gasteiger partial charge in [0, 0.05) is 7.05 Å². The number of carbonyl (C=O) groups excluding carboxylic acids is 2. The van der Waals surface area contributed by atoms with Gasteiger partial charge in [-0.05, 0) is 18.4 Å². The van der Waals surface area contributed by atoms with Gasteiger partial charge in [-0.25, -0.2) is 0 Å². The molecule has 0 fully saturated rings. The first-order valence-electron chi connectivity index (χ1n) is 5.59. The predicted octanol–water partition coefficient (Wildman–Crippen LogP) is 1.17. The van der Waals surface area contributed by atoms with Gasteiger partial charge in [-0.2, -0.15) is 0 Å². The molecule has 2 amide bonds. The van der Waals surface area contributed by atoms with Gasteiger partial charge in [-0.1, -0.05) is 13.8 Å². The normalized spacial score (nSPS) is 12.2. The van der Waals surface area contributed by atoms with Gasteiger partial charge in [0.2, 0.25) is 5.91 Å². The van der Waals surface area contributed by atoms with Gasteiger partial charge < -0.3 is 15.1 Å². The van der Waals surface area contributed by atoms with Gasteiger partial charge in [0.15, 0.2) is 0 Å². The number of furan rings is 1. The maximum absolute atomic E-state index is 11.8. The van der Waals surface area contributed by atoms with Crippen molar-refractivity contribution in [2.45, 2.75) is 26.3 Å². The lowest BCUT2D eigenvalue weighted by molar-refractivity contribution is -0.122. The van der Waals surface area contributed by atoms with Gasteiger partial charge in [-0.15, -0.1) is 0 Å². The average Bonchev–Trinajstić information content (AvgIpc) is 2.79. The Labute approximate surface area is 101 Å². The van der Waals surface area contributed by atoms with Crippen molar-refractivity contribution in [3.63, 3.8) is 0 Å². The fourth-order valence-electron chi connectivity index (χ4n) is 1.51. The van der Waals surface area contributed by atoms with E-state index in [2.05, 4.69) is 10.6 Å². The Kier molecular flexibility index (Phi) is 4.75. The second kappa shape index (κ2) is 6.08. The lowest BCUT2D eigenvalue weighted by Crippen LogP contribution is -2.46. The van der Waals surface area contributed by atoms with Crippen LogP contribution in [0.2, 0.25) is 0 Å². The van der Waals surface area contributed by atoms with Gasteiger partial charge in [-0.3, -0.25) is 9.59 Å². The fraction of sp³-hybridized carbons (Fsp3) is 0.500. The highest BCUT2D eigenvalue weighted by Gasteiger charge is 2.21. The molecule has 0 aliphatic rings. The lowest BCUT2D eigenvalue weighted by Gasteiger charge is -2.18. The number of amides is 2. The number of nitrogens with one attached hydrogen (secondary N) is 2. The molecule has 1 rings (SSSR count). The standard InChI is InChI=1S/C12H18N2O3/c1-8(2)6-10(12(16)13-3)14-11(15)9-4-5-17-7-9/h4-5,7-8,10H,6H2,1-3H3,(H,13,16)(H,14,15)/t10-/m0/s1. The van der Waals surface area contributed by atoms with E-state index in [1.165, 1.54) is 12.5 Å². The van der Waals surface area contributed by atoms with Crippen LogP contribution < -0.4 is 10.6 Å². The molecule has 0 aliphatic heterocycles. The highest BCUT2D eigenvalue weighted by molar-refractivity contribution is 5.97. The molecular formula is C12H18N2O3. The Morgan fingerprint density at radius 2 is 2.12 bits per heavy atom. The Morgan fingerprint density at radius 3 is 2.59 bits per heavy atom. The Morgan fingerprint density at radius 1 is 1.41 bits per heavy atom. The molecule has 0 bridgehead atoms. The number of hydrogen-bond acceptors (Lipinski definition) is 3. The summed E-state index contributed by atoms with van der Waals surface area (Å²) in [7, 11) is 1.56. The van der Waals surface area contributed by atoms with Crippen LogP contribution >= 0.6 is 0 Å². The molecule has 1 aromatic heterocycles. The summed E-state index contributed by atoms with van der Waals surface area (Å²) >= 11 is 0. The van der Waals surface area contributed by atoms with Crippen molar-refractivity contribution < 1.29 is 14.0 Å². The molecule has 5 nitrogen and oxygen atoms in total. The van der Waals surface area contributed by atoms with E-state index in [4.69, 9.17) is 4.42 Å². The van der Waals surface area contributed by atoms with Gasteiger partial charge in [0.1, 0.15) is 12.3 Å². The minimum absolute atomic E-state index is 0.185. The van der Waals surface area contributed by atoms with Crippen LogP contribution in [0.4, 0.5) is 0 Å². The quantitative estimate of drug-likeness (QED) is 0.809. The van der Waals surface area contributed by atoms with Crippen molar-refractivity contribution in [3.05, 3.63) is 24.2 Å². The number of likely N-dealkylation sites (N-methyl/N-ethyl adjacent to an activating group) is 1. The van der Waals surface area contributed by atoms with E-state index in [1.54, 1.807) is 13.1 Å². The molecule has 0 saturated carbocycles. The topological polar surface area (TPSA) is 71.3 Å². The van der Waals surface area contributed by atoms with Crippen LogP contribution in [0.15, 0.2) is 23.0 Å². The zero-order chi connectivity index (χ0) is 12.8. The summed E-state index contributed by atoms with van der Waals surface area (Å²) in [5, 5.41) is 5.23. The van der Waals surface area contributed by atoms with Gasteiger partial charge in [0.05, 0.1) is 11.8 Å². The number of hydrogen-bond donors (Lipinski definition) is 2. The number of carbonyl (C=O) groups is 2. The third-order valence-corrected chi connectivity index (χ3v) is 2.36. The van der Waals surface area contributed by atoms with Crippen LogP contribution in [0, 0.1) is 5.92 Å². The smallest absolute Gasteiger partial charge is 0.255 e. The summed E-state index contributed by atoms with van der Waals surface area (Å²) in [5.41, 5.74) is 0.419. The van der Waals surface area contributed by atoms with Gasteiger partial charge in [0.25, 0.3) is 5.91 Å². The second-order valence-corrected chi connectivity index (χ2v) is 4.28. The molecule has 0 radical (unpaired) electrons. The summed E-state index contributed by atoms with van der Waals surface area (Å²) in [5.74, 6) is -0.162. The molecule has 94 valence electrons. The van der Waals surface area contributed by atoms with E-state index in [0.29, 0.717) is 17.9 Å². The Bertz CT molecular complexity index is 371. The average molecular weight is 238 g/mol. The van der Waals surface area contributed by atoms with E-state index in [9.17, 15) is 9.59 Å². The molecule has 0 aliphatic carbocycles. The summed E-state index contributed by atoms with van der Waals surface area (Å²) in [4.78, 5) is 23.4. The summed E-state index contributed by atoms with van der Waals surface area (Å²) in [6.07, 6.45) is 3.38. The zero-order valence-electron chi connectivity index (χ0n) is 10.3. The molecule has 2 N–H and O–H groups in total. The number of rotatable bonds is 5. The minimum atomic E-state index is -0.512. The second-order valence-electron chi connectivity index (χ2n) is 4.28. The maximum Gasteiger partial charge on any atom is 0.255 e. The van der Waals surface area contributed by atoms with Crippen molar-refractivity contribution >= 4 is 11.8 Å². The molecule has 0 unspecified atom stereocenters. The maximum atomic E-state index is 11.8. The highest BCUT2D eigenvalue weighted by atomic mass is 16.3. The Balaban J connectivity index is 2.66. The van der Waals surface area contributed by atoms with Crippen molar-refractivity contribution in [1.82, 2.24) is 10.6 Å². The molecule has 17 heavy (non-hydrogen) atoms. The monoisotopic (exact) mass is 238 g/mol.